The summed E-state index contributed by atoms with van der Waals surface area (Å²) in [5.41, 5.74) is 13.4. The van der Waals surface area contributed by atoms with Crippen molar-refractivity contribution in [2.75, 3.05) is 4.90 Å². The summed E-state index contributed by atoms with van der Waals surface area (Å²) in [7, 11) is 0. The Morgan fingerprint density at radius 3 is 1.84 bits per heavy atom. The molecule has 12 rings (SSSR count). The van der Waals surface area contributed by atoms with E-state index in [1.807, 2.05) is 23.5 Å². The van der Waals surface area contributed by atoms with E-state index in [-0.39, 0.29) is 0 Å². The lowest BCUT2D eigenvalue weighted by atomic mass is 9.98. The molecule has 9 aromatic carbocycles. The van der Waals surface area contributed by atoms with Gasteiger partial charge in [0.15, 0.2) is 0 Å². The Labute approximate surface area is 338 Å². The highest BCUT2D eigenvalue weighted by Gasteiger charge is 2.20. The van der Waals surface area contributed by atoms with Crippen molar-refractivity contribution in [1.29, 1.82) is 0 Å². The smallest absolute Gasteiger partial charge is 0.136 e. The van der Waals surface area contributed by atoms with Gasteiger partial charge in [0, 0.05) is 58.8 Å². The molecule has 12 aromatic rings. The molecule has 0 N–H and O–H groups in total. The Kier molecular flexibility index (Phi) is 7.40. The van der Waals surface area contributed by atoms with E-state index in [1.165, 1.54) is 58.7 Å². The topological polar surface area (TPSA) is 21.3 Å². The molecule has 3 nitrogen and oxygen atoms in total. The van der Waals surface area contributed by atoms with Gasteiger partial charge in [-0.1, -0.05) is 127 Å². The van der Waals surface area contributed by atoms with Gasteiger partial charge in [0.05, 0.1) is 16.7 Å². The number of anilines is 3. The first-order valence-electron chi connectivity index (χ1n) is 19.7. The van der Waals surface area contributed by atoms with Crippen LogP contribution in [0.4, 0.5) is 17.1 Å². The zero-order valence-corrected chi connectivity index (χ0v) is 32.2. The van der Waals surface area contributed by atoms with Gasteiger partial charge >= 0.3 is 0 Å². The van der Waals surface area contributed by atoms with Crippen molar-refractivity contribution < 1.29 is 4.42 Å². The lowest BCUT2D eigenvalue weighted by molar-refractivity contribution is 0.669. The van der Waals surface area contributed by atoms with Crippen molar-refractivity contribution in [3.63, 3.8) is 0 Å². The van der Waals surface area contributed by atoms with Crippen LogP contribution < -0.4 is 4.90 Å². The Morgan fingerprint density at radius 1 is 0.397 bits per heavy atom. The third-order valence-electron chi connectivity index (χ3n) is 11.6. The van der Waals surface area contributed by atoms with Crippen molar-refractivity contribution in [3.8, 4) is 27.9 Å². The number of furan rings is 1. The third kappa shape index (κ3) is 5.12. The average molecular weight is 759 g/mol. The Bertz CT molecular complexity index is 3500. The van der Waals surface area contributed by atoms with Gasteiger partial charge in [-0.2, -0.15) is 0 Å². The van der Waals surface area contributed by atoms with Crippen LogP contribution in [0.15, 0.2) is 211 Å². The van der Waals surface area contributed by atoms with Crippen LogP contribution in [0.1, 0.15) is 0 Å². The number of thiophene rings is 1. The molecule has 0 bridgehead atoms. The Morgan fingerprint density at radius 2 is 1.02 bits per heavy atom. The summed E-state index contributed by atoms with van der Waals surface area (Å²) in [6.45, 7) is 0. The molecule has 0 unspecified atom stereocenters. The van der Waals surface area contributed by atoms with Crippen LogP contribution in [0.5, 0.6) is 0 Å². The van der Waals surface area contributed by atoms with Gasteiger partial charge in [-0.15, -0.1) is 11.3 Å². The number of fused-ring (bicyclic) bond motifs is 9. The fraction of sp³-hybridized carbons (Fsp3) is 0. The first-order valence-corrected chi connectivity index (χ1v) is 20.5. The van der Waals surface area contributed by atoms with E-state index in [0.717, 1.165) is 50.3 Å². The molecule has 0 radical (unpaired) electrons. The summed E-state index contributed by atoms with van der Waals surface area (Å²) < 4.78 is 11.2. The fourth-order valence-electron chi connectivity index (χ4n) is 8.98. The van der Waals surface area contributed by atoms with Crippen molar-refractivity contribution in [1.82, 2.24) is 4.57 Å². The lowest BCUT2D eigenvalue weighted by Crippen LogP contribution is -2.10. The van der Waals surface area contributed by atoms with Crippen LogP contribution in [0.3, 0.4) is 0 Å². The number of nitrogens with zero attached hydrogens (tertiary/aromatic N) is 2. The molecule has 0 saturated carbocycles. The van der Waals surface area contributed by atoms with Crippen LogP contribution >= 0.6 is 11.3 Å². The van der Waals surface area contributed by atoms with Crippen LogP contribution in [-0.2, 0) is 0 Å². The van der Waals surface area contributed by atoms with E-state index in [4.69, 9.17) is 4.42 Å². The van der Waals surface area contributed by atoms with Gasteiger partial charge in [-0.3, -0.25) is 0 Å². The number of aromatic nitrogens is 1. The minimum absolute atomic E-state index is 0.904. The standard InChI is InChI=1S/C54H34N2OS/c1-2-12-38(13-3-1)56-46-18-7-4-14-42(46)43-33-28-37(34-48(43)56)35-24-29-39(30-25-35)55(47-19-11-23-52-54(47)45-16-6-9-22-51(45)58-52)40-31-26-36(27-32-40)41-17-10-21-50-53(41)44-15-5-8-20-49(44)57-50/h1-34H. The maximum Gasteiger partial charge on any atom is 0.136 e. The van der Waals surface area contributed by atoms with E-state index in [1.54, 1.807) is 0 Å². The van der Waals surface area contributed by atoms with Gasteiger partial charge in [-0.25, -0.2) is 0 Å². The molecule has 58 heavy (non-hydrogen) atoms. The summed E-state index contributed by atoms with van der Waals surface area (Å²) >= 11 is 1.85. The number of hydrogen-bond donors (Lipinski definition) is 0. The second-order valence-corrected chi connectivity index (χ2v) is 16.0. The SMILES string of the molecule is c1ccc(-n2c3ccccc3c3ccc(-c4ccc(N(c5ccc(-c6cccc7oc8ccccc8c67)cc5)c5cccc6sc7ccccc7c56)cc4)cc32)cc1. The molecule has 272 valence electrons. The highest BCUT2D eigenvalue weighted by molar-refractivity contribution is 7.26. The van der Waals surface area contributed by atoms with Gasteiger partial charge < -0.3 is 13.9 Å². The van der Waals surface area contributed by atoms with Crippen molar-refractivity contribution in [3.05, 3.63) is 206 Å². The highest BCUT2D eigenvalue weighted by atomic mass is 32.1. The Hall–Kier alpha value is -7.40. The minimum atomic E-state index is 0.904. The number of para-hydroxylation sites is 3. The number of hydrogen-bond acceptors (Lipinski definition) is 3. The van der Waals surface area contributed by atoms with E-state index >= 15 is 0 Å². The zero-order chi connectivity index (χ0) is 38.2. The molecule has 0 aliphatic rings. The second-order valence-electron chi connectivity index (χ2n) is 14.9. The number of benzene rings is 9. The number of rotatable bonds is 6. The van der Waals surface area contributed by atoms with Crippen LogP contribution in [0.25, 0.3) is 91.9 Å². The molecule has 0 aliphatic heterocycles. The fourth-order valence-corrected chi connectivity index (χ4v) is 10.1. The summed E-state index contributed by atoms with van der Waals surface area (Å²) in [5, 5.41) is 7.34. The predicted molar refractivity (Wildman–Crippen MR) is 247 cm³/mol. The van der Waals surface area contributed by atoms with Crippen molar-refractivity contribution >= 4 is 92.3 Å². The minimum Gasteiger partial charge on any atom is -0.456 e. The third-order valence-corrected chi connectivity index (χ3v) is 12.7. The van der Waals surface area contributed by atoms with E-state index in [0.29, 0.717) is 0 Å². The summed E-state index contributed by atoms with van der Waals surface area (Å²) in [4.78, 5) is 2.42. The molecule has 0 saturated heterocycles. The summed E-state index contributed by atoms with van der Waals surface area (Å²) in [6, 6.07) is 74.5. The van der Waals surface area contributed by atoms with Crippen molar-refractivity contribution in [2.24, 2.45) is 0 Å². The van der Waals surface area contributed by atoms with Gasteiger partial charge in [0.25, 0.3) is 0 Å². The maximum absolute atomic E-state index is 6.25. The van der Waals surface area contributed by atoms with Gasteiger partial charge in [0.1, 0.15) is 11.2 Å². The quantitative estimate of drug-likeness (QED) is 0.168. The maximum atomic E-state index is 6.25. The molecule has 3 aromatic heterocycles. The molecule has 0 spiro atoms. The molecule has 0 aliphatic carbocycles. The van der Waals surface area contributed by atoms with Crippen LogP contribution in [0, 0.1) is 0 Å². The zero-order valence-electron chi connectivity index (χ0n) is 31.3. The van der Waals surface area contributed by atoms with Crippen LogP contribution in [0.2, 0.25) is 0 Å². The van der Waals surface area contributed by atoms with Gasteiger partial charge in [0.2, 0.25) is 0 Å². The monoisotopic (exact) mass is 758 g/mol. The average Bonchev–Trinajstić information content (AvgIpc) is 3.97. The summed E-state index contributed by atoms with van der Waals surface area (Å²) in [5.74, 6) is 0. The van der Waals surface area contributed by atoms with E-state index in [2.05, 4.69) is 204 Å². The lowest BCUT2D eigenvalue weighted by Gasteiger charge is -2.27. The van der Waals surface area contributed by atoms with Crippen LogP contribution in [-0.4, -0.2) is 4.57 Å². The highest BCUT2D eigenvalue weighted by Crippen LogP contribution is 2.46. The van der Waals surface area contributed by atoms with E-state index in [9.17, 15) is 0 Å². The second kappa shape index (κ2) is 13.1. The van der Waals surface area contributed by atoms with E-state index < -0.39 is 0 Å². The summed E-state index contributed by atoms with van der Waals surface area (Å²) in [6.07, 6.45) is 0. The predicted octanol–water partition coefficient (Wildman–Crippen LogP) is 15.9. The molecule has 0 atom stereocenters. The van der Waals surface area contributed by atoms with Gasteiger partial charge in [-0.05, 0) is 101 Å². The largest absolute Gasteiger partial charge is 0.456 e. The molecular formula is C54H34N2OS. The first-order chi connectivity index (χ1) is 28.8. The molecule has 4 heteroatoms. The Balaban J connectivity index is 0.997. The molecule has 0 fully saturated rings. The molecular weight excluding hydrogens is 725 g/mol. The molecule has 3 heterocycles. The normalized spacial score (nSPS) is 11.8. The first kappa shape index (κ1) is 32.8. The van der Waals surface area contributed by atoms with Crippen molar-refractivity contribution in [2.45, 2.75) is 0 Å². The molecule has 0 amide bonds.